The smallest absolute Gasteiger partial charge is 0.233 e. The van der Waals surface area contributed by atoms with Crippen LogP contribution in [0.1, 0.15) is 40.7 Å². The lowest BCUT2D eigenvalue weighted by molar-refractivity contribution is -0.117. The quantitative estimate of drug-likeness (QED) is 0.128. The highest BCUT2D eigenvalue weighted by Gasteiger charge is 2.32. The number of nitrogens with one attached hydrogen (secondary N) is 1. The Labute approximate surface area is 316 Å². The summed E-state index contributed by atoms with van der Waals surface area (Å²) in [5.74, 6) is 5.84. The molecule has 1 amide bonds. The fraction of sp³-hybridized carbons (Fsp3) is 0.231. The van der Waals surface area contributed by atoms with Crippen molar-refractivity contribution >= 4 is 46.5 Å². The lowest BCUT2D eigenvalue weighted by Crippen LogP contribution is -2.26. The van der Waals surface area contributed by atoms with E-state index in [9.17, 15) is 9.59 Å². The van der Waals surface area contributed by atoms with Gasteiger partial charge in [0.15, 0.2) is 23.2 Å². The number of anilines is 2. The summed E-state index contributed by atoms with van der Waals surface area (Å²) in [6.45, 7) is 6.11. The van der Waals surface area contributed by atoms with Gasteiger partial charge < -0.3 is 23.6 Å². The lowest BCUT2D eigenvalue weighted by atomic mass is 10.1. The number of aromatic nitrogens is 4. The molecule has 1 N–H and O–H groups in total. The molecule has 0 spiro atoms. The van der Waals surface area contributed by atoms with Gasteiger partial charge in [-0.15, -0.1) is 0 Å². The minimum Gasteiger partial charge on any atom is -0.497 e. The fourth-order valence-electron chi connectivity index (χ4n) is 5.53. The van der Waals surface area contributed by atoms with Crippen molar-refractivity contribution in [2.24, 2.45) is 0 Å². The highest BCUT2D eigenvalue weighted by molar-refractivity contribution is 6.31. The van der Waals surface area contributed by atoms with Crippen LogP contribution in [0.25, 0.3) is 23.2 Å². The number of methoxy groups -OCH3 is 2. The summed E-state index contributed by atoms with van der Waals surface area (Å²) in [7, 11) is 3.24. The zero-order valence-electron chi connectivity index (χ0n) is 29.7. The van der Waals surface area contributed by atoms with E-state index >= 15 is 0 Å². The highest BCUT2D eigenvalue weighted by atomic mass is 35.5. The number of hydrogen-bond donors (Lipinski definition) is 1. The molecule has 0 saturated carbocycles. The van der Waals surface area contributed by atoms with Crippen LogP contribution in [0.15, 0.2) is 81.6 Å². The average molecular weight is 756 g/mol. The molecule has 0 saturated heterocycles. The van der Waals surface area contributed by atoms with Gasteiger partial charge >= 0.3 is 0 Å². The second-order valence-corrected chi connectivity index (χ2v) is 12.9. The molecule has 5 heterocycles. The first-order valence-corrected chi connectivity index (χ1v) is 17.3. The van der Waals surface area contributed by atoms with Crippen LogP contribution < -0.4 is 19.7 Å². The van der Waals surface area contributed by atoms with Gasteiger partial charge in [-0.2, -0.15) is 0 Å². The Balaban J connectivity index is 0.000000181. The normalized spacial score (nSPS) is 11.9. The molecule has 1 aliphatic rings. The van der Waals surface area contributed by atoms with Gasteiger partial charge in [-0.3, -0.25) is 14.5 Å². The van der Waals surface area contributed by atoms with Crippen LogP contribution in [0.3, 0.4) is 0 Å². The van der Waals surface area contributed by atoms with Crippen LogP contribution >= 0.6 is 23.2 Å². The van der Waals surface area contributed by atoms with Crippen molar-refractivity contribution in [2.75, 3.05) is 24.4 Å². The van der Waals surface area contributed by atoms with E-state index in [0.717, 1.165) is 34.1 Å². The number of carbonyl (C=O) groups is 2. The summed E-state index contributed by atoms with van der Waals surface area (Å²) in [4.78, 5) is 43.5. The SMILES string of the molecule is COc1ccc(CN2C(=O)Cc3c(Cl)nc(-c4ccc(C)o4)nc32)cc1.COc1ccc(CNc2nc(-c3ccc(C)o3)nc(Cl)c2CC(C)=O)cc1. The maximum absolute atomic E-state index is 12.5. The van der Waals surface area contributed by atoms with Crippen molar-refractivity contribution in [3.05, 3.63) is 117 Å². The molecule has 7 rings (SSSR count). The monoisotopic (exact) mass is 754 g/mol. The summed E-state index contributed by atoms with van der Waals surface area (Å²) in [6.07, 6.45) is 0.350. The third kappa shape index (κ3) is 8.85. The van der Waals surface area contributed by atoms with Gasteiger partial charge in [-0.1, -0.05) is 47.5 Å². The van der Waals surface area contributed by atoms with Crippen LogP contribution in [0.4, 0.5) is 11.6 Å². The number of amides is 1. The molecule has 0 unspecified atom stereocenters. The molecular weight excluding hydrogens is 719 g/mol. The van der Waals surface area contributed by atoms with Crippen molar-refractivity contribution in [1.82, 2.24) is 19.9 Å². The minimum atomic E-state index is -0.0557. The van der Waals surface area contributed by atoms with Gasteiger partial charge in [0, 0.05) is 24.1 Å². The van der Waals surface area contributed by atoms with E-state index in [-0.39, 0.29) is 34.8 Å². The third-order valence-corrected chi connectivity index (χ3v) is 8.87. The average Bonchev–Trinajstić information content (AvgIpc) is 3.87. The second kappa shape index (κ2) is 16.3. The number of Topliss-reactive ketones (excluding diaryl/α,β-unsaturated/α-hetero) is 1. The van der Waals surface area contributed by atoms with Crippen LogP contribution in [0.2, 0.25) is 10.3 Å². The van der Waals surface area contributed by atoms with E-state index in [2.05, 4.69) is 25.3 Å². The number of ether oxygens (including phenoxy) is 2. The van der Waals surface area contributed by atoms with Crippen LogP contribution in [0.5, 0.6) is 11.5 Å². The van der Waals surface area contributed by atoms with Gasteiger partial charge in [0.25, 0.3) is 0 Å². The standard InChI is InChI=1S/C20H20ClN3O3.C19H16ClN3O3/c1-12(25)10-16-18(21)23-20(17-9-4-13(2)27-17)24-19(16)22-11-14-5-7-15(26-3)8-6-14;1-11-3-8-15(26-11)18-21-17(20)14-9-16(24)23(19(14)22-18)10-12-4-6-13(25-2)7-5-12/h4-9H,10-11H2,1-3H3,(H,22,23,24);3-8H,9-10H2,1-2H3. The number of furan rings is 2. The highest BCUT2D eigenvalue weighted by Crippen LogP contribution is 2.35. The Kier molecular flexibility index (Phi) is 11.4. The molecule has 0 bridgehead atoms. The molecule has 0 radical (unpaired) electrons. The van der Waals surface area contributed by atoms with Gasteiger partial charge in [-0.05, 0) is 80.4 Å². The van der Waals surface area contributed by atoms with Gasteiger partial charge in [-0.25, -0.2) is 19.9 Å². The van der Waals surface area contributed by atoms with E-state index < -0.39 is 0 Å². The first-order chi connectivity index (χ1) is 25.5. The third-order valence-electron chi connectivity index (χ3n) is 8.24. The summed E-state index contributed by atoms with van der Waals surface area (Å²) < 4.78 is 21.5. The van der Waals surface area contributed by atoms with Crippen LogP contribution in [0, 0.1) is 13.8 Å². The molecule has 14 heteroatoms. The number of ketones is 1. The number of nitrogens with zero attached hydrogens (tertiary/aromatic N) is 5. The summed E-state index contributed by atoms with van der Waals surface area (Å²) in [5, 5.41) is 3.78. The van der Waals surface area contributed by atoms with Gasteiger partial charge in [0.2, 0.25) is 5.91 Å². The summed E-state index contributed by atoms with van der Waals surface area (Å²) in [5.41, 5.74) is 3.23. The second-order valence-electron chi connectivity index (χ2n) is 12.2. The van der Waals surface area contributed by atoms with E-state index in [1.54, 1.807) is 31.3 Å². The van der Waals surface area contributed by atoms with Crippen molar-refractivity contribution in [3.63, 3.8) is 0 Å². The van der Waals surface area contributed by atoms with Crippen molar-refractivity contribution in [3.8, 4) is 34.7 Å². The largest absolute Gasteiger partial charge is 0.497 e. The number of rotatable bonds is 11. The number of hydrogen-bond acceptors (Lipinski definition) is 11. The molecular formula is C39H36Cl2N6O6. The Morgan fingerprint density at radius 3 is 1.85 bits per heavy atom. The van der Waals surface area contributed by atoms with E-state index in [0.29, 0.717) is 59.0 Å². The van der Waals surface area contributed by atoms with E-state index in [1.165, 1.54) is 6.92 Å². The molecule has 12 nitrogen and oxygen atoms in total. The Hall–Kier alpha value is -5.72. The number of benzene rings is 2. The summed E-state index contributed by atoms with van der Waals surface area (Å²) >= 11 is 12.7. The number of carbonyl (C=O) groups excluding carboxylic acids is 2. The minimum absolute atomic E-state index is 0.0189. The number of fused-ring (bicyclic) bond motifs is 1. The van der Waals surface area contributed by atoms with Gasteiger partial charge in [0.1, 0.15) is 50.7 Å². The molecule has 272 valence electrons. The van der Waals surface area contributed by atoms with Crippen molar-refractivity contribution in [2.45, 2.75) is 46.7 Å². The molecule has 1 aliphatic heterocycles. The zero-order chi connectivity index (χ0) is 37.6. The van der Waals surface area contributed by atoms with Crippen molar-refractivity contribution < 1.29 is 27.9 Å². The maximum atomic E-state index is 12.5. The van der Waals surface area contributed by atoms with Crippen molar-refractivity contribution in [1.29, 1.82) is 0 Å². The Bertz CT molecular complexity index is 2250. The first-order valence-electron chi connectivity index (χ1n) is 16.6. The Morgan fingerprint density at radius 1 is 0.774 bits per heavy atom. The maximum Gasteiger partial charge on any atom is 0.233 e. The van der Waals surface area contributed by atoms with Gasteiger partial charge in [0.05, 0.1) is 27.2 Å². The topological polar surface area (TPSA) is 146 Å². The first kappa shape index (κ1) is 37.1. The Morgan fingerprint density at radius 2 is 1.32 bits per heavy atom. The summed E-state index contributed by atoms with van der Waals surface area (Å²) in [6, 6.07) is 22.5. The van der Waals surface area contributed by atoms with E-state index in [4.69, 9.17) is 41.5 Å². The molecule has 53 heavy (non-hydrogen) atoms. The van der Waals surface area contributed by atoms with Crippen LogP contribution in [-0.2, 0) is 35.5 Å². The number of aryl methyl sites for hydroxylation is 2. The zero-order valence-corrected chi connectivity index (χ0v) is 31.2. The molecule has 0 fully saturated rings. The number of halogens is 2. The van der Waals surface area contributed by atoms with Crippen LogP contribution in [-0.4, -0.2) is 45.8 Å². The van der Waals surface area contributed by atoms with E-state index in [1.807, 2.05) is 74.5 Å². The predicted octanol–water partition coefficient (Wildman–Crippen LogP) is 8.25. The predicted molar refractivity (Wildman–Crippen MR) is 202 cm³/mol. The molecule has 6 aromatic rings. The molecule has 2 aromatic carbocycles. The fourth-order valence-corrected chi connectivity index (χ4v) is 6.00. The lowest BCUT2D eigenvalue weighted by Gasteiger charge is -2.17. The molecule has 0 atom stereocenters. The molecule has 4 aromatic heterocycles. The molecule has 0 aliphatic carbocycles.